The first kappa shape index (κ1) is 16.3. The Kier molecular flexibility index (Phi) is 7.46. The second kappa shape index (κ2) is 9.17. The molecule has 2 aromatic rings. The maximum Gasteiger partial charge on any atom is 0.330 e. The second-order valence-electron chi connectivity index (χ2n) is 3.60. The van der Waals surface area contributed by atoms with Crippen molar-refractivity contribution >= 4 is 44.8 Å². The number of cyclic esters (lactones) is 1. The molecule has 1 aliphatic heterocycles. The van der Waals surface area contributed by atoms with Gasteiger partial charge in [0.15, 0.2) is 5.05 Å². The molecule has 0 fully saturated rings. The Balaban J connectivity index is 0.000000160. The van der Waals surface area contributed by atoms with E-state index in [1.165, 1.54) is 10.8 Å². The predicted octanol–water partition coefficient (Wildman–Crippen LogP) is 3.68. The van der Waals surface area contributed by atoms with E-state index in [-0.39, 0.29) is 11.0 Å². The summed E-state index contributed by atoms with van der Waals surface area (Å²) >= 11 is 5.93. The van der Waals surface area contributed by atoms with Crippen LogP contribution in [0.4, 0.5) is 0 Å². The lowest BCUT2D eigenvalue weighted by Crippen LogP contribution is -1.89. The number of aliphatic hydroxyl groups excluding tert-OH is 1. The molecule has 20 heavy (non-hydrogen) atoms. The Bertz CT molecular complexity index is 563. The first-order chi connectivity index (χ1) is 9.63. The summed E-state index contributed by atoms with van der Waals surface area (Å²) in [6.45, 7) is 2.27. The van der Waals surface area contributed by atoms with E-state index in [4.69, 9.17) is 5.11 Å². The molecule has 0 atom stereocenters. The van der Waals surface area contributed by atoms with E-state index in [9.17, 15) is 4.79 Å². The third-order valence-corrected chi connectivity index (χ3v) is 3.21. The molecule has 4 nitrogen and oxygen atoms in total. The fraction of sp³-hybridized carbons (Fsp3) is 0.214. The minimum absolute atomic E-state index is 0.0880. The van der Waals surface area contributed by atoms with Crippen LogP contribution in [0.5, 0.6) is 0 Å². The summed E-state index contributed by atoms with van der Waals surface area (Å²) in [4.78, 5) is 14.1. The molecule has 0 amide bonds. The highest BCUT2D eigenvalue weighted by Crippen LogP contribution is 2.15. The zero-order valence-electron chi connectivity index (χ0n) is 11.0. The topological polar surface area (TPSA) is 59.4 Å². The normalized spacial score (nSPS) is 11.9. The van der Waals surface area contributed by atoms with Crippen LogP contribution in [0.3, 0.4) is 0 Å². The average molecular weight is 309 g/mol. The first-order valence-electron chi connectivity index (χ1n) is 5.96. The van der Waals surface area contributed by atoms with Crippen LogP contribution < -0.4 is 0 Å². The molecule has 0 radical (unpaired) electrons. The van der Waals surface area contributed by atoms with Crippen molar-refractivity contribution in [3.05, 3.63) is 41.9 Å². The molecule has 0 saturated heterocycles. The van der Waals surface area contributed by atoms with Gasteiger partial charge in [-0.15, -0.1) is 11.3 Å². The van der Waals surface area contributed by atoms with Gasteiger partial charge < -0.3 is 9.84 Å². The Morgan fingerprint density at radius 2 is 2.20 bits per heavy atom. The number of aliphatic hydroxyl groups is 1. The van der Waals surface area contributed by atoms with E-state index in [0.29, 0.717) is 13.0 Å². The fourth-order valence-electron chi connectivity index (χ4n) is 1.13. The van der Waals surface area contributed by atoms with Gasteiger partial charge in [-0.3, -0.25) is 0 Å². The lowest BCUT2D eigenvalue weighted by Gasteiger charge is -1.81. The number of fused-ring (bicyclic) bond motifs is 1. The zero-order valence-corrected chi connectivity index (χ0v) is 12.6. The van der Waals surface area contributed by atoms with Crippen LogP contribution in [0.15, 0.2) is 41.9 Å². The number of esters is 1. The Morgan fingerprint density at radius 3 is 2.65 bits per heavy atom. The van der Waals surface area contributed by atoms with Crippen molar-refractivity contribution in [1.29, 1.82) is 0 Å². The number of thiocarbonyl (C=S) groups is 1. The van der Waals surface area contributed by atoms with Gasteiger partial charge in [0.2, 0.25) is 0 Å². The van der Waals surface area contributed by atoms with Crippen LogP contribution in [0.2, 0.25) is 0 Å². The highest BCUT2D eigenvalue weighted by Gasteiger charge is 1.98. The summed E-state index contributed by atoms with van der Waals surface area (Å²) in [5, 5.41) is 8.18. The van der Waals surface area contributed by atoms with Gasteiger partial charge in [0.05, 0.1) is 15.7 Å². The van der Waals surface area contributed by atoms with Crippen LogP contribution in [0, 0.1) is 0 Å². The standard InChI is InChI=1S/C7H5NS.C4H4O2.C3H6OS/c1-2-4-7-6(3-1)8-5-9-7;5-4-2-1-3-6-4;1-2-3(4)5/h1-5H;1-2H,3H2;2H2,1H3,(H,4,5). The molecule has 0 unspecified atom stereocenters. The van der Waals surface area contributed by atoms with E-state index in [1.807, 2.05) is 30.6 Å². The number of thiazole rings is 1. The predicted molar refractivity (Wildman–Crippen MR) is 85.2 cm³/mol. The number of aromatic nitrogens is 1. The summed E-state index contributed by atoms with van der Waals surface area (Å²) in [5.74, 6) is -0.227. The lowest BCUT2D eigenvalue weighted by atomic mass is 10.3. The summed E-state index contributed by atoms with van der Waals surface area (Å²) in [6.07, 6.45) is 3.69. The molecule has 0 saturated carbocycles. The van der Waals surface area contributed by atoms with Gasteiger partial charge in [-0.2, -0.15) is 0 Å². The molecule has 0 spiro atoms. The number of carbonyl (C=O) groups is 1. The minimum Gasteiger partial charge on any atom is -0.502 e. The molecular formula is C14H15NO3S2. The zero-order chi connectivity index (χ0) is 14.8. The molecule has 106 valence electrons. The first-order valence-corrected chi connectivity index (χ1v) is 7.25. The van der Waals surface area contributed by atoms with Gasteiger partial charge in [-0.1, -0.05) is 19.1 Å². The summed E-state index contributed by atoms with van der Waals surface area (Å²) in [5.41, 5.74) is 2.97. The van der Waals surface area contributed by atoms with E-state index in [0.717, 1.165) is 5.52 Å². The molecule has 1 aliphatic rings. The quantitative estimate of drug-likeness (QED) is 0.643. The molecule has 0 aliphatic carbocycles. The van der Waals surface area contributed by atoms with Crippen molar-refractivity contribution in [2.45, 2.75) is 13.3 Å². The Labute approximate surface area is 126 Å². The second-order valence-corrected chi connectivity index (χ2v) is 4.96. The van der Waals surface area contributed by atoms with Crippen LogP contribution in [0.25, 0.3) is 10.2 Å². The van der Waals surface area contributed by atoms with Gasteiger partial charge in [-0.25, -0.2) is 9.78 Å². The number of carbonyl (C=O) groups excluding carboxylic acids is 1. The molecule has 3 rings (SSSR count). The molecule has 2 heterocycles. The molecule has 1 aromatic heterocycles. The van der Waals surface area contributed by atoms with Gasteiger partial charge in [-0.05, 0) is 30.4 Å². The molecule has 6 heteroatoms. The third-order valence-electron chi connectivity index (χ3n) is 2.11. The van der Waals surface area contributed by atoms with Gasteiger partial charge in [0, 0.05) is 12.5 Å². The van der Waals surface area contributed by atoms with Gasteiger partial charge in [0.1, 0.15) is 6.61 Å². The van der Waals surface area contributed by atoms with E-state index < -0.39 is 0 Å². The summed E-state index contributed by atoms with van der Waals surface area (Å²) in [6, 6.07) is 8.13. The van der Waals surface area contributed by atoms with Crippen molar-refractivity contribution in [2.75, 3.05) is 6.61 Å². The average Bonchev–Trinajstić information content (AvgIpc) is 3.10. The van der Waals surface area contributed by atoms with E-state index in [1.54, 1.807) is 17.4 Å². The largest absolute Gasteiger partial charge is 0.502 e. The number of para-hydroxylation sites is 1. The summed E-state index contributed by atoms with van der Waals surface area (Å²) < 4.78 is 5.66. The van der Waals surface area contributed by atoms with Crippen molar-refractivity contribution < 1.29 is 14.6 Å². The molecule has 1 aromatic carbocycles. The van der Waals surface area contributed by atoms with Crippen molar-refractivity contribution in [3.8, 4) is 0 Å². The van der Waals surface area contributed by atoms with Crippen LogP contribution in [0.1, 0.15) is 13.3 Å². The monoisotopic (exact) mass is 309 g/mol. The number of nitrogens with zero attached hydrogens (tertiary/aromatic N) is 1. The smallest absolute Gasteiger partial charge is 0.330 e. The van der Waals surface area contributed by atoms with E-state index >= 15 is 0 Å². The fourth-order valence-corrected chi connectivity index (χ4v) is 1.80. The van der Waals surface area contributed by atoms with Crippen molar-refractivity contribution in [3.63, 3.8) is 0 Å². The highest BCUT2D eigenvalue weighted by molar-refractivity contribution is 7.80. The molecule has 1 N–H and O–H groups in total. The number of ether oxygens (including phenoxy) is 1. The number of benzene rings is 1. The SMILES string of the molecule is CCC(O)=S.O=C1C=CCO1.c1ccc2scnc2c1. The Morgan fingerprint density at radius 1 is 1.50 bits per heavy atom. The molecular weight excluding hydrogens is 294 g/mol. The van der Waals surface area contributed by atoms with Gasteiger partial charge in [0.25, 0.3) is 0 Å². The minimum atomic E-state index is -0.227. The van der Waals surface area contributed by atoms with Crippen molar-refractivity contribution in [1.82, 2.24) is 4.98 Å². The number of hydrogen-bond donors (Lipinski definition) is 1. The van der Waals surface area contributed by atoms with E-state index in [2.05, 4.69) is 28.0 Å². The maximum atomic E-state index is 9.93. The van der Waals surface area contributed by atoms with Crippen LogP contribution >= 0.6 is 23.6 Å². The highest BCUT2D eigenvalue weighted by atomic mass is 32.1. The number of hydrogen-bond acceptors (Lipinski definition) is 5. The summed E-state index contributed by atoms with van der Waals surface area (Å²) in [7, 11) is 0. The van der Waals surface area contributed by atoms with Crippen LogP contribution in [-0.4, -0.2) is 27.7 Å². The third kappa shape index (κ3) is 6.40. The van der Waals surface area contributed by atoms with Crippen molar-refractivity contribution in [2.24, 2.45) is 0 Å². The maximum absolute atomic E-state index is 9.93. The van der Waals surface area contributed by atoms with Crippen LogP contribution in [-0.2, 0) is 9.53 Å². The molecule has 0 bridgehead atoms. The lowest BCUT2D eigenvalue weighted by molar-refractivity contribution is -0.134. The Hall–Kier alpha value is -1.79. The van der Waals surface area contributed by atoms with Gasteiger partial charge >= 0.3 is 5.97 Å². The number of rotatable bonds is 1.